The summed E-state index contributed by atoms with van der Waals surface area (Å²) in [4.78, 5) is 0. The summed E-state index contributed by atoms with van der Waals surface area (Å²) in [5, 5.41) is 9.78. The highest BCUT2D eigenvalue weighted by molar-refractivity contribution is 5.54. The van der Waals surface area contributed by atoms with Crippen LogP contribution >= 0.6 is 0 Å². The Morgan fingerprint density at radius 3 is 1.93 bits per heavy atom. The van der Waals surface area contributed by atoms with Crippen LogP contribution in [0.2, 0.25) is 0 Å². The fourth-order valence-electron chi connectivity index (χ4n) is 5.15. The Kier molecular flexibility index (Phi) is 9.49. The van der Waals surface area contributed by atoms with E-state index in [0.29, 0.717) is 29.7 Å². The maximum absolute atomic E-state index is 13.7. The molecule has 0 atom stereocenters. The molecule has 0 aliphatic heterocycles. The molecule has 0 bridgehead atoms. The zero-order valence-corrected chi connectivity index (χ0v) is 24.5. The lowest BCUT2D eigenvalue weighted by Crippen LogP contribution is -2.09. The number of anilines is 1. The molecule has 0 saturated heterocycles. The quantitative estimate of drug-likeness (QED) is 0.185. The van der Waals surface area contributed by atoms with Crippen molar-refractivity contribution in [2.75, 3.05) is 19.5 Å². The molecule has 0 radical (unpaired) electrons. The van der Waals surface area contributed by atoms with Crippen molar-refractivity contribution in [1.82, 2.24) is 0 Å². The maximum atomic E-state index is 13.7. The van der Waals surface area contributed by atoms with Gasteiger partial charge >= 0.3 is 6.18 Å². The van der Waals surface area contributed by atoms with Crippen molar-refractivity contribution in [2.45, 2.75) is 53.3 Å². The zero-order chi connectivity index (χ0) is 30.6. The van der Waals surface area contributed by atoms with Crippen LogP contribution in [0.15, 0.2) is 60.7 Å². The fourth-order valence-corrected chi connectivity index (χ4v) is 5.15. The van der Waals surface area contributed by atoms with Crippen LogP contribution in [0.1, 0.15) is 50.1 Å². The first-order valence-electron chi connectivity index (χ1n) is 13.6. The predicted molar refractivity (Wildman–Crippen MR) is 159 cm³/mol. The zero-order valence-electron chi connectivity index (χ0n) is 24.5. The fraction of sp³-hybridized carbons (Fsp3) is 0.294. The van der Waals surface area contributed by atoms with Gasteiger partial charge in [-0.15, -0.1) is 0 Å². The molecule has 0 fully saturated rings. The van der Waals surface area contributed by atoms with Crippen molar-refractivity contribution in [3.63, 3.8) is 0 Å². The minimum atomic E-state index is -4.63. The van der Waals surface area contributed by atoms with Gasteiger partial charge in [0, 0.05) is 25.0 Å². The number of aliphatic hydroxyl groups is 1. The number of methoxy groups -OCH3 is 1. The van der Waals surface area contributed by atoms with Gasteiger partial charge in [-0.25, -0.2) is 0 Å². The van der Waals surface area contributed by atoms with E-state index in [9.17, 15) is 18.3 Å². The Labute approximate surface area is 244 Å². The minimum Gasteiger partial charge on any atom is -0.457 e. The number of ether oxygens (including phenoxy) is 3. The predicted octanol–water partition coefficient (Wildman–Crippen LogP) is 8.38. The maximum Gasteiger partial charge on any atom is 0.420 e. The van der Waals surface area contributed by atoms with E-state index in [4.69, 9.17) is 19.9 Å². The topological polar surface area (TPSA) is 73.9 Å². The normalized spacial score (nSPS) is 11.5. The lowest BCUT2D eigenvalue weighted by molar-refractivity contribution is -0.138. The third kappa shape index (κ3) is 7.24. The minimum absolute atomic E-state index is 0.000129. The second-order valence-electron chi connectivity index (χ2n) is 10.6. The number of hydrogen-bond acceptors (Lipinski definition) is 5. The molecular weight excluding hydrogens is 543 g/mol. The van der Waals surface area contributed by atoms with Gasteiger partial charge in [0.15, 0.2) is 0 Å². The van der Waals surface area contributed by atoms with E-state index >= 15 is 0 Å². The number of aryl methyl sites for hydroxylation is 4. The number of halogens is 3. The highest BCUT2D eigenvalue weighted by atomic mass is 19.4. The lowest BCUT2D eigenvalue weighted by atomic mass is 9.95. The van der Waals surface area contributed by atoms with Crippen LogP contribution in [0.5, 0.6) is 23.0 Å². The summed E-state index contributed by atoms with van der Waals surface area (Å²) in [5.41, 5.74) is 11.9. The molecule has 5 nitrogen and oxygen atoms in total. The largest absolute Gasteiger partial charge is 0.457 e. The summed E-state index contributed by atoms with van der Waals surface area (Å²) in [6.45, 7) is 7.93. The van der Waals surface area contributed by atoms with Crippen molar-refractivity contribution in [1.29, 1.82) is 0 Å². The number of benzene rings is 4. The number of rotatable bonds is 10. The first-order chi connectivity index (χ1) is 19.9. The molecule has 0 saturated carbocycles. The number of aliphatic hydroxyl groups excluding tert-OH is 1. The molecule has 0 heterocycles. The number of nitrogens with two attached hydrogens (primary N) is 1. The average Bonchev–Trinajstić information content (AvgIpc) is 2.90. The average molecular weight is 580 g/mol. The molecular formula is C34H36F3NO4. The lowest BCUT2D eigenvalue weighted by Gasteiger charge is -2.20. The van der Waals surface area contributed by atoms with E-state index in [1.54, 1.807) is 6.92 Å². The second-order valence-corrected chi connectivity index (χ2v) is 10.6. The summed E-state index contributed by atoms with van der Waals surface area (Å²) in [5.74, 6) is 1.48. The van der Waals surface area contributed by atoms with Gasteiger partial charge in [-0.05, 0) is 104 Å². The van der Waals surface area contributed by atoms with Crippen LogP contribution in [-0.2, 0) is 30.4 Å². The van der Waals surface area contributed by atoms with Crippen LogP contribution in [0, 0.1) is 27.7 Å². The summed E-state index contributed by atoms with van der Waals surface area (Å²) in [6.07, 6.45) is -3.65. The summed E-state index contributed by atoms with van der Waals surface area (Å²) in [7, 11) is 1.52. The smallest absolute Gasteiger partial charge is 0.420 e. The first kappa shape index (κ1) is 30.9. The Bertz CT molecular complexity index is 1580. The number of alkyl halides is 3. The monoisotopic (exact) mass is 579 g/mol. The molecule has 8 heteroatoms. The summed E-state index contributed by atoms with van der Waals surface area (Å²) in [6, 6.07) is 17.4. The van der Waals surface area contributed by atoms with Crippen LogP contribution in [0.4, 0.5) is 18.9 Å². The van der Waals surface area contributed by atoms with Gasteiger partial charge in [-0.1, -0.05) is 35.9 Å². The first-order valence-corrected chi connectivity index (χ1v) is 13.6. The highest BCUT2D eigenvalue weighted by Crippen LogP contribution is 2.41. The van der Waals surface area contributed by atoms with Gasteiger partial charge in [0.05, 0.1) is 6.61 Å². The van der Waals surface area contributed by atoms with Crippen molar-refractivity contribution < 1.29 is 32.5 Å². The van der Waals surface area contributed by atoms with E-state index in [0.717, 1.165) is 50.9 Å². The second kappa shape index (κ2) is 12.9. The summed E-state index contributed by atoms with van der Waals surface area (Å²) >= 11 is 0. The Hall–Kier alpha value is -4.01. The summed E-state index contributed by atoms with van der Waals surface area (Å²) < 4.78 is 58.7. The molecule has 4 aromatic carbocycles. The third-order valence-corrected chi connectivity index (χ3v) is 6.98. The number of nitrogen functional groups attached to an aromatic ring is 1. The Balaban J connectivity index is 1.67. The van der Waals surface area contributed by atoms with Crippen LogP contribution in [-0.4, -0.2) is 18.8 Å². The van der Waals surface area contributed by atoms with Crippen molar-refractivity contribution in [3.05, 3.63) is 111 Å². The van der Waals surface area contributed by atoms with Crippen LogP contribution in [0.3, 0.4) is 0 Å². The molecule has 222 valence electrons. The van der Waals surface area contributed by atoms with Gasteiger partial charge in [-0.2, -0.15) is 13.2 Å². The van der Waals surface area contributed by atoms with Gasteiger partial charge in [0.25, 0.3) is 0 Å². The number of hydrogen-bond donors (Lipinski definition) is 2. The van der Waals surface area contributed by atoms with Crippen LogP contribution < -0.4 is 15.2 Å². The van der Waals surface area contributed by atoms with E-state index < -0.39 is 11.7 Å². The van der Waals surface area contributed by atoms with Gasteiger partial charge in [0.2, 0.25) is 0 Å². The van der Waals surface area contributed by atoms with Crippen molar-refractivity contribution in [2.24, 2.45) is 0 Å². The molecule has 0 aromatic heterocycles. The highest BCUT2D eigenvalue weighted by Gasteiger charge is 2.35. The van der Waals surface area contributed by atoms with E-state index in [1.807, 2.05) is 51.1 Å². The standard InChI is InChI=1S/C34H36F3NO4/c1-20-6-8-30(21(2)12-20)41-32-22(3)13-24(16-26(32)10-11-39)15-25-14-23(4)33(27(17-25)19-40-5)42-31-9-7-28(38)18-29(31)34(35,36)37/h6-9,12-14,16-18,39H,10-11,15,19,38H2,1-5H3. The van der Waals surface area contributed by atoms with E-state index in [2.05, 4.69) is 12.1 Å². The molecule has 42 heavy (non-hydrogen) atoms. The molecule has 0 unspecified atom stereocenters. The van der Waals surface area contributed by atoms with Gasteiger partial charge in [0.1, 0.15) is 28.6 Å². The van der Waals surface area contributed by atoms with Crippen molar-refractivity contribution in [3.8, 4) is 23.0 Å². The SMILES string of the molecule is COCc1cc(Cc2cc(C)c(Oc3ccc(C)cc3C)c(CCO)c2)cc(C)c1Oc1ccc(N)cc1C(F)(F)F. The van der Waals surface area contributed by atoms with Crippen molar-refractivity contribution >= 4 is 5.69 Å². The van der Waals surface area contributed by atoms with Crippen LogP contribution in [0.25, 0.3) is 0 Å². The molecule has 3 N–H and O–H groups in total. The van der Waals surface area contributed by atoms with E-state index in [-0.39, 0.29) is 24.7 Å². The molecule has 0 aliphatic carbocycles. The van der Waals surface area contributed by atoms with Gasteiger partial charge < -0.3 is 25.1 Å². The Morgan fingerprint density at radius 2 is 1.33 bits per heavy atom. The molecule has 4 aromatic rings. The third-order valence-electron chi connectivity index (χ3n) is 6.98. The molecule has 0 spiro atoms. The van der Waals surface area contributed by atoms with E-state index in [1.165, 1.54) is 19.2 Å². The molecule has 0 amide bonds. The molecule has 4 rings (SSSR count). The van der Waals surface area contributed by atoms with Gasteiger partial charge in [-0.3, -0.25) is 0 Å². The Morgan fingerprint density at radius 1 is 0.738 bits per heavy atom. The molecule has 0 aliphatic rings.